The number of carboxylic acids is 1. The Labute approximate surface area is 203 Å². The minimum absolute atomic E-state index is 0.132. The third-order valence-electron chi connectivity index (χ3n) is 5.43. The lowest BCUT2D eigenvalue weighted by atomic mass is 9.88. The van der Waals surface area contributed by atoms with Gasteiger partial charge in [0.05, 0.1) is 0 Å². The number of fused-ring (bicyclic) bond motifs is 2. The van der Waals surface area contributed by atoms with Gasteiger partial charge < -0.3 is 14.6 Å². The third kappa shape index (κ3) is 4.82. The van der Waals surface area contributed by atoms with E-state index in [1.54, 1.807) is 7.11 Å². The van der Waals surface area contributed by atoms with Gasteiger partial charge in [-0.2, -0.15) is 0 Å². The Hall–Kier alpha value is -2.41. The van der Waals surface area contributed by atoms with Crippen molar-refractivity contribution in [3.8, 4) is 16.9 Å². The van der Waals surface area contributed by atoms with E-state index in [1.807, 2.05) is 24.3 Å². The summed E-state index contributed by atoms with van der Waals surface area (Å²) in [4.78, 5) is 11.1. The molecule has 4 rings (SSSR count). The van der Waals surface area contributed by atoms with Gasteiger partial charge in [0.15, 0.2) is 6.79 Å². The monoisotopic (exact) mass is 556 g/mol. The zero-order valence-corrected chi connectivity index (χ0v) is 20.7. The van der Waals surface area contributed by atoms with Crippen molar-refractivity contribution in [2.75, 3.05) is 13.9 Å². The maximum atomic E-state index is 11.1. The highest BCUT2D eigenvalue weighted by atomic mass is 79.9. The van der Waals surface area contributed by atoms with Crippen LogP contribution in [-0.4, -0.2) is 25.0 Å². The van der Waals surface area contributed by atoms with Crippen LogP contribution in [0.2, 0.25) is 0 Å². The van der Waals surface area contributed by atoms with E-state index in [-0.39, 0.29) is 13.2 Å². The predicted molar refractivity (Wildman–Crippen MR) is 135 cm³/mol. The molecule has 0 fully saturated rings. The molecular weight excluding hydrogens is 536 g/mol. The molecule has 1 N–H and O–H groups in total. The quantitative estimate of drug-likeness (QED) is 0.227. The minimum atomic E-state index is -0.782. The molecule has 0 amide bonds. The van der Waals surface area contributed by atoms with Gasteiger partial charge >= 0.3 is 5.97 Å². The number of ether oxygens (including phenoxy) is 2. The molecule has 0 heterocycles. The average molecular weight is 558 g/mol. The summed E-state index contributed by atoms with van der Waals surface area (Å²) in [6.07, 6.45) is 1.35. The van der Waals surface area contributed by atoms with Gasteiger partial charge in [0, 0.05) is 28.0 Å². The highest BCUT2D eigenvalue weighted by molar-refractivity contribution is 9.10. The van der Waals surface area contributed by atoms with E-state index in [2.05, 4.69) is 68.3 Å². The molecule has 4 aromatic carbocycles. The highest BCUT2D eigenvalue weighted by Gasteiger charge is 2.18. The van der Waals surface area contributed by atoms with E-state index < -0.39 is 5.97 Å². The van der Waals surface area contributed by atoms with Crippen LogP contribution >= 0.6 is 31.9 Å². The summed E-state index contributed by atoms with van der Waals surface area (Å²) in [7, 11) is 1.60. The predicted octanol–water partition coefficient (Wildman–Crippen LogP) is 7.58. The van der Waals surface area contributed by atoms with Crippen LogP contribution in [0.5, 0.6) is 5.75 Å². The van der Waals surface area contributed by atoms with Gasteiger partial charge in [-0.3, -0.25) is 4.79 Å². The molecule has 0 aliphatic rings. The Morgan fingerprint density at radius 3 is 2.12 bits per heavy atom. The maximum Gasteiger partial charge on any atom is 0.303 e. The van der Waals surface area contributed by atoms with Gasteiger partial charge in [-0.1, -0.05) is 62.2 Å². The van der Waals surface area contributed by atoms with Crippen molar-refractivity contribution in [1.82, 2.24) is 0 Å². The zero-order valence-electron chi connectivity index (χ0n) is 17.5. The number of aliphatic carboxylic acids is 1. The molecule has 0 saturated heterocycles. The Kier molecular flexibility index (Phi) is 7.13. The van der Waals surface area contributed by atoms with Gasteiger partial charge in [0.25, 0.3) is 0 Å². The number of hydrogen-bond acceptors (Lipinski definition) is 3. The maximum absolute atomic E-state index is 11.1. The van der Waals surface area contributed by atoms with Gasteiger partial charge in [-0.15, -0.1) is 0 Å². The zero-order chi connectivity index (χ0) is 22.7. The number of rotatable bonds is 8. The van der Waals surface area contributed by atoms with E-state index in [0.29, 0.717) is 12.8 Å². The third-order valence-corrected chi connectivity index (χ3v) is 6.42. The average Bonchev–Trinajstić information content (AvgIpc) is 2.77. The van der Waals surface area contributed by atoms with Crippen LogP contribution in [0.4, 0.5) is 0 Å². The van der Waals surface area contributed by atoms with E-state index in [4.69, 9.17) is 14.6 Å². The summed E-state index contributed by atoms with van der Waals surface area (Å²) >= 11 is 7.15. The van der Waals surface area contributed by atoms with Crippen LogP contribution in [0.25, 0.3) is 32.7 Å². The molecule has 32 heavy (non-hydrogen) atoms. The Morgan fingerprint density at radius 1 is 0.875 bits per heavy atom. The van der Waals surface area contributed by atoms with Gasteiger partial charge in [-0.25, -0.2) is 0 Å². The summed E-state index contributed by atoms with van der Waals surface area (Å²) in [5.41, 5.74) is 3.16. The molecule has 0 aliphatic carbocycles. The second-order valence-electron chi connectivity index (χ2n) is 7.57. The SMILES string of the molecule is COCOc1ccc2cc(Br)ccc2c1-c1c(CCCC(=O)O)ccc2cc(Br)ccc12. The van der Waals surface area contributed by atoms with Crippen LogP contribution in [-0.2, 0) is 16.0 Å². The van der Waals surface area contributed by atoms with Crippen LogP contribution in [0.3, 0.4) is 0 Å². The van der Waals surface area contributed by atoms with Crippen LogP contribution < -0.4 is 4.74 Å². The van der Waals surface area contributed by atoms with Crippen molar-refractivity contribution in [2.45, 2.75) is 19.3 Å². The summed E-state index contributed by atoms with van der Waals surface area (Å²) in [5, 5.41) is 13.5. The van der Waals surface area contributed by atoms with Crippen molar-refractivity contribution in [2.24, 2.45) is 0 Å². The first-order valence-corrected chi connectivity index (χ1v) is 11.8. The lowest BCUT2D eigenvalue weighted by Gasteiger charge is -2.19. The second kappa shape index (κ2) is 10.0. The number of methoxy groups -OCH3 is 1. The summed E-state index contributed by atoms with van der Waals surface area (Å²) in [6.45, 7) is 0.139. The van der Waals surface area contributed by atoms with E-state index in [9.17, 15) is 4.79 Å². The molecule has 0 unspecified atom stereocenters. The molecule has 0 bridgehead atoms. The number of hydrogen-bond donors (Lipinski definition) is 1. The molecule has 164 valence electrons. The van der Waals surface area contributed by atoms with Crippen molar-refractivity contribution in [3.05, 3.63) is 75.2 Å². The first kappa shape index (κ1) is 22.8. The smallest absolute Gasteiger partial charge is 0.303 e. The van der Waals surface area contributed by atoms with E-state index >= 15 is 0 Å². The topological polar surface area (TPSA) is 55.8 Å². The largest absolute Gasteiger partial charge is 0.481 e. The van der Waals surface area contributed by atoms with Crippen LogP contribution in [0.1, 0.15) is 18.4 Å². The fraction of sp³-hybridized carbons (Fsp3) is 0.192. The molecule has 0 atom stereocenters. The number of halogens is 2. The number of carbonyl (C=O) groups is 1. The van der Waals surface area contributed by atoms with E-state index in [0.717, 1.165) is 52.9 Å². The molecule has 0 saturated carbocycles. The number of aryl methyl sites for hydroxylation is 1. The van der Waals surface area contributed by atoms with Crippen LogP contribution in [0, 0.1) is 0 Å². The highest BCUT2D eigenvalue weighted by Crippen LogP contribution is 2.44. The van der Waals surface area contributed by atoms with E-state index in [1.165, 1.54) is 0 Å². The molecule has 0 radical (unpaired) electrons. The standard InChI is InChI=1S/C26H22Br2O4/c1-31-15-32-23-12-7-18-14-20(28)9-11-22(18)26(23)25-16(3-2-4-24(29)30)5-6-17-13-19(27)8-10-21(17)25/h5-14H,2-4,15H2,1H3,(H,29,30). The van der Waals surface area contributed by atoms with Gasteiger partial charge in [-0.05, 0) is 75.8 Å². The lowest BCUT2D eigenvalue weighted by molar-refractivity contribution is -0.137. The molecular formula is C26H22Br2O4. The van der Waals surface area contributed by atoms with Gasteiger partial charge in [0.1, 0.15) is 5.75 Å². The second-order valence-corrected chi connectivity index (χ2v) is 9.40. The Balaban J connectivity index is 2.02. The molecule has 6 heteroatoms. The molecule has 0 aromatic heterocycles. The van der Waals surface area contributed by atoms with Crippen molar-refractivity contribution >= 4 is 59.4 Å². The summed E-state index contributed by atoms with van der Waals surface area (Å²) in [6, 6.07) is 20.6. The molecule has 0 aliphatic heterocycles. The Bertz CT molecular complexity index is 1300. The van der Waals surface area contributed by atoms with Gasteiger partial charge in [0.2, 0.25) is 0 Å². The fourth-order valence-corrected chi connectivity index (χ4v) is 4.82. The Morgan fingerprint density at radius 2 is 1.50 bits per heavy atom. The molecule has 0 spiro atoms. The molecule has 4 aromatic rings. The first-order chi connectivity index (χ1) is 15.5. The minimum Gasteiger partial charge on any atom is -0.481 e. The normalized spacial score (nSPS) is 11.2. The van der Waals surface area contributed by atoms with Crippen LogP contribution in [0.15, 0.2) is 69.6 Å². The van der Waals surface area contributed by atoms with Crippen molar-refractivity contribution < 1.29 is 19.4 Å². The summed E-state index contributed by atoms with van der Waals surface area (Å²) < 4.78 is 13.2. The summed E-state index contributed by atoms with van der Waals surface area (Å²) in [5.74, 6) is -0.0491. The van der Waals surface area contributed by atoms with Crippen molar-refractivity contribution in [3.63, 3.8) is 0 Å². The van der Waals surface area contributed by atoms with Crippen molar-refractivity contribution in [1.29, 1.82) is 0 Å². The number of carboxylic acid groups (broad SMARTS) is 1. The number of benzene rings is 4. The lowest BCUT2D eigenvalue weighted by Crippen LogP contribution is -2.03. The first-order valence-electron chi connectivity index (χ1n) is 10.2. The fourth-order valence-electron chi connectivity index (χ4n) is 4.06. The molecule has 4 nitrogen and oxygen atoms in total.